The van der Waals surface area contributed by atoms with Gasteiger partial charge < -0.3 is 10.00 Å². The third kappa shape index (κ3) is 7.25. The van der Waals surface area contributed by atoms with E-state index in [4.69, 9.17) is 9.05 Å². The second kappa shape index (κ2) is 8.34. The van der Waals surface area contributed by atoms with E-state index in [0.717, 1.165) is 16.7 Å². The Morgan fingerprint density at radius 2 is 1.62 bits per heavy atom. The Labute approximate surface area is 155 Å². The molecule has 0 aliphatic heterocycles. The van der Waals surface area contributed by atoms with Crippen LogP contribution >= 0.6 is 7.82 Å². The first kappa shape index (κ1) is 23.6. The van der Waals surface area contributed by atoms with E-state index < -0.39 is 13.4 Å². The number of aryl methyl sites for hydroxylation is 1. The summed E-state index contributed by atoms with van der Waals surface area (Å²) in [4.78, 5) is 9.82. The summed E-state index contributed by atoms with van der Waals surface area (Å²) in [5, 5.41) is 10.2. The molecule has 5 nitrogen and oxygen atoms in total. The van der Waals surface area contributed by atoms with Gasteiger partial charge in [-0.25, -0.2) is 4.57 Å². The van der Waals surface area contributed by atoms with Gasteiger partial charge >= 0.3 is 7.82 Å². The van der Waals surface area contributed by atoms with Crippen LogP contribution in [-0.4, -0.2) is 15.6 Å². The number of benzene rings is 1. The van der Waals surface area contributed by atoms with Gasteiger partial charge in [0.15, 0.2) is 0 Å². The van der Waals surface area contributed by atoms with Crippen molar-refractivity contribution in [2.24, 2.45) is 0 Å². The minimum atomic E-state index is -4.14. The van der Waals surface area contributed by atoms with Gasteiger partial charge in [0.05, 0.1) is 12.2 Å². The summed E-state index contributed by atoms with van der Waals surface area (Å²) >= 11 is 0. The van der Waals surface area contributed by atoms with E-state index in [2.05, 4.69) is 0 Å². The summed E-state index contributed by atoms with van der Waals surface area (Å²) in [5.41, 5.74) is 1.42. The number of phenols is 1. The van der Waals surface area contributed by atoms with Crippen LogP contribution in [0.5, 0.6) is 5.75 Å². The summed E-state index contributed by atoms with van der Waals surface area (Å²) in [6.45, 7) is 13.0. The molecular weight excluding hydrogens is 374 g/mol. The van der Waals surface area contributed by atoms with Crippen LogP contribution in [0.2, 0.25) is 0 Å². The molecule has 0 radical (unpaired) electrons. The maximum atomic E-state index is 12.0. The fraction of sp³-hybridized carbons (Fsp3) is 0.647. The van der Waals surface area contributed by atoms with Crippen LogP contribution in [-0.2, 0) is 48.5 Å². The minimum Gasteiger partial charge on any atom is -0.508 e. The van der Waals surface area contributed by atoms with Crippen molar-refractivity contribution in [3.63, 3.8) is 0 Å². The summed E-state index contributed by atoms with van der Waals surface area (Å²) < 4.78 is 22.2. The van der Waals surface area contributed by atoms with Crippen LogP contribution in [0.1, 0.15) is 65.2 Å². The standard InChI is InChI=1S/C17H29O5P.Ni/c1-8-12-10-15(18)14(16(2,3)4)9-13(12)11-21-23(19,20)22-17(5,6)7;/h9-10,18H,8,11H2,1-7H3,(H,19,20);. The topological polar surface area (TPSA) is 76.0 Å². The van der Waals surface area contributed by atoms with Gasteiger partial charge in [-0.2, -0.15) is 0 Å². The van der Waals surface area contributed by atoms with Crippen LogP contribution < -0.4 is 0 Å². The van der Waals surface area contributed by atoms with Gasteiger partial charge in [0.25, 0.3) is 0 Å². The number of hydrogen-bond donors (Lipinski definition) is 2. The minimum absolute atomic E-state index is 0. The second-order valence-corrected chi connectivity index (χ2v) is 9.07. The van der Waals surface area contributed by atoms with Crippen LogP contribution in [0.4, 0.5) is 0 Å². The molecule has 0 aliphatic rings. The molecule has 142 valence electrons. The first-order valence-corrected chi connectivity index (χ1v) is 9.28. The van der Waals surface area contributed by atoms with Gasteiger partial charge in [0, 0.05) is 16.5 Å². The van der Waals surface area contributed by atoms with Gasteiger partial charge in [-0.1, -0.05) is 27.7 Å². The fourth-order valence-corrected chi connectivity index (χ4v) is 3.31. The molecular formula is C17H29NiO5P. The van der Waals surface area contributed by atoms with Gasteiger partial charge in [-0.15, -0.1) is 0 Å². The third-order valence-corrected chi connectivity index (χ3v) is 4.51. The Hall–Kier alpha value is -0.376. The Bertz CT molecular complexity index is 602. The smallest absolute Gasteiger partial charge is 0.473 e. The van der Waals surface area contributed by atoms with E-state index in [1.807, 2.05) is 33.8 Å². The van der Waals surface area contributed by atoms with E-state index in [1.165, 1.54) is 0 Å². The van der Waals surface area contributed by atoms with Crippen molar-refractivity contribution in [2.45, 2.75) is 72.5 Å². The number of phenolic OH excluding ortho intramolecular Hbond substituents is 1. The molecule has 0 amide bonds. The van der Waals surface area contributed by atoms with Crippen LogP contribution in [0.3, 0.4) is 0 Å². The number of hydrogen-bond acceptors (Lipinski definition) is 4. The molecule has 0 bridgehead atoms. The average molecular weight is 403 g/mol. The van der Waals surface area contributed by atoms with Crippen molar-refractivity contribution in [3.05, 3.63) is 28.8 Å². The van der Waals surface area contributed by atoms with Crippen molar-refractivity contribution < 1.29 is 40.1 Å². The van der Waals surface area contributed by atoms with Gasteiger partial charge in [0.2, 0.25) is 0 Å². The molecule has 1 atom stereocenters. The Morgan fingerprint density at radius 1 is 1.08 bits per heavy atom. The maximum Gasteiger partial charge on any atom is 0.473 e. The molecule has 1 rings (SSSR count). The van der Waals surface area contributed by atoms with Gasteiger partial charge in [-0.05, 0) is 61.4 Å². The predicted octanol–water partition coefficient (Wildman–Crippen LogP) is 4.68. The normalized spacial score (nSPS) is 14.8. The van der Waals surface area contributed by atoms with Crippen molar-refractivity contribution in [3.8, 4) is 5.75 Å². The molecule has 1 unspecified atom stereocenters. The Balaban J connectivity index is 0.00000529. The second-order valence-electron chi connectivity index (χ2n) is 7.69. The SMILES string of the molecule is CCc1cc(O)c(C(C)(C)C)cc1COP(=O)(O)OC(C)(C)C.[Ni]. The molecule has 1 aromatic carbocycles. The van der Waals surface area contributed by atoms with E-state index in [9.17, 15) is 14.6 Å². The average Bonchev–Trinajstić information content (AvgIpc) is 2.32. The van der Waals surface area contributed by atoms with Crippen LogP contribution in [0, 0.1) is 0 Å². The summed E-state index contributed by atoms with van der Waals surface area (Å²) in [5.74, 6) is 0.233. The first-order chi connectivity index (χ1) is 10.2. The number of aromatic hydroxyl groups is 1. The van der Waals surface area contributed by atoms with Crippen molar-refractivity contribution in [1.82, 2.24) is 0 Å². The largest absolute Gasteiger partial charge is 0.508 e. The molecule has 24 heavy (non-hydrogen) atoms. The fourth-order valence-electron chi connectivity index (χ4n) is 2.26. The maximum absolute atomic E-state index is 12.0. The zero-order valence-corrected chi connectivity index (χ0v) is 17.3. The Kier molecular flexibility index (Phi) is 8.20. The van der Waals surface area contributed by atoms with Crippen LogP contribution in [0.15, 0.2) is 12.1 Å². The molecule has 7 heteroatoms. The summed E-state index contributed by atoms with van der Waals surface area (Å²) in [6, 6.07) is 3.54. The van der Waals surface area contributed by atoms with E-state index in [1.54, 1.807) is 26.8 Å². The molecule has 2 N–H and O–H groups in total. The van der Waals surface area contributed by atoms with E-state index >= 15 is 0 Å². The van der Waals surface area contributed by atoms with Crippen LogP contribution in [0.25, 0.3) is 0 Å². The van der Waals surface area contributed by atoms with Crippen molar-refractivity contribution >= 4 is 7.82 Å². The zero-order chi connectivity index (χ0) is 18.1. The van der Waals surface area contributed by atoms with E-state index in [0.29, 0.717) is 6.42 Å². The molecule has 0 saturated carbocycles. The summed E-state index contributed by atoms with van der Waals surface area (Å²) in [7, 11) is -4.14. The number of rotatable bonds is 5. The van der Waals surface area contributed by atoms with Crippen molar-refractivity contribution in [2.75, 3.05) is 0 Å². The van der Waals surface area contributed by atoms with Crippen molar-refractivity contribution in [1.29, 1.82) is 0 Å². The number of phosphoric ester groups is 1. The molecule has 0 saturated heterocycles. The molecule has 0 aromatic heterocycles. The molecule has 0 fully saturated rings. The van der Waals surface area contributed by atoms with E-state index in [-0.39, 0.29) is 34.3 Å². The third-order valence-electron chi connectivity index (χ3n) is 3.28. The monoisotopic (exact) mass is 402 g/mol. The molecule has 0 heterocycles. The first-order valence-electron chi connectivity index (χ1n) is 7.78. The van der Waals surface area contributed by atoms with Gasteiger partial charge in [-0.3, -0.25) is 9.05 Å². The Morgan fingerprint density at radius 3 is 2.04 bits per heavy atom. The zero-order valence-electron chi connectivity index (χ0n) is 15.5. The quantitative estimate of drug-likeness (QED) is 0.552. The molecule has 1 aromatic rings. The molecule has 0 aliphatic carbocycles. The van der Waals surface area contributed by atoms with Gasteiger partial charge in [0.1, 0.15) is 5.75 Å². The summed E-state index contributed by atoms with van der Waals surface area (Å²) in [6.07, 6.45) is 0.687. The number of phosphoric acid groups is 1. The predicted molar refractivity (Wildman–Crippen MR) is 91.6 cm³/mol. The molecule has 0 spiro atoms.